The number of rotatable bonds is 2. The summed E-state index contributed by atoms with van der Waals surface area (Å²) >= 11 is 11.7. The number of hydrogen-bond acceptors (Lipinski definition) is 4. The van der Waals surface area contributed by atoms with Gasteiger partial charge >= 0.3 is 6.01 Å². The molecule has 1 aromatic heterocycles. The van der Waals surface area contributed by atoms with Crippen LogP contribution in [-0.2, 0) is 0 Å². The molecule has 0 aliphatic rings. The Labute approximate surface area is 102 Å². The van der Waals surface area contributed by atoms with E-state index in [1.165, 1.54) is 0 Å². The minimum absolute atomic E-state index is 0.0359. The first-order valence-corrected chi connectivity index (χ1v) is 5.13. The van der Waals surface area contributed by atoms with E-state index >= 15 is 0 Å². The van der Waals surface area contributed by atoms with Gasteiger partial charge in [0.2, 0.25) is 5.89 Å². The van der Waals surface area contributed by atoms with E-state index in [1.54, 1.807) is 24.3 Å². The normalized spacial score (nSPS) is 11.1. The van der Waals surface area contributed by atoms with Crippen molar-refractivity contribution in [2.75, 3.05) is 5.73 Å². The van der Waals surface area contributed by atoms with Crippen molar-refractivity contribution in [3.63, 3.8) is 0 Å². The summed E-state index contributed by atoms with van der Waals surface area (Å²) in [4.78, 5) is 0. The monoisotopic (exact) mass is 255 g/mol. The topological polar surface area (TPSA) is 64.9 Å². The van der Waals surface area contributed by atoms with Crippen LogP contribution >= 0.6 is 23.2 Å². The SMILES string of the molecule is Nc1nnc(C=Cc2ccc(Cl)c(Cl)c2)o1. The van der Waals surface area contributed by atoms with E-state index in [-0.39, 0.29) is 6.01 Å². The van der Waals surface area contributed by atoms with Crippen LogP contribution in [0.4, 0.5) is 6.01 Å². The Hall–Kier alpha value is -1.52. The van der Waals surface area contributed by atoms with Crippen molar-refractivity contribution in [2.45, 2.75) is 0 Å². The zero-order valence-electron chi connectivity index (χ0n) is 8.02. The lowest BCUT2D eigenvalue weighted by Gasteiger charge is -1.96. The molecule has 0 atom stereocenters. The third-order valence-corrected chi connectivity index (χ3v) is 2.56. The Morgan fingerprint density at radius 3 is 2.56 bits per heavy atom. The van der Waals surface area contributed by atoms with E-state index in [0.29, 0.717) is 15.9 Å². The van der Waals surface area contributed by atoms with Gasteiger partial charge in [-0.15, -0.1) is 5.10 Å². The van der Waals surface area contributed by atoms with Gasteiger partial charge in [-0.1, -0.05) is 34.4 Å². The molecule has 0 saturated heterocycles. The quantitative estimate of drug-likeness (QED) is 0.896. The number of hydrogen-bond donors (Lipinski definition) is 1. The molecule has 0 saturated carbocycles. The van der Waals surface area contributed by atoms with Crippen molar-refractivity contribution in [1.82, 2.24) is 10.2 Å². The van der Waals surface area contributed by atoms with Gasteiger partial charge in [-0.3, -0.25) is 0 Å². The smallest absolute Gasteiger partial charge is 0.313 e. The fourth-order valence-electron chi connectivity index (χ4n) is 1.10. The predicted octanol–water partition coefficient (Wildman–Crippen LogP) is 3.13. The number of nitrogens with zero attached hydrogens (tertiary/aromatic N) is 2. The zero-order chi connectivity index (χ0) is 11.5. The molecule has 0 radical (unpaired) electrons. The summed E-state index contributed by atoms with van der Waals surface area (Å²) in [7, 11) is 0. The van der Waals surface area contributed by atoms with Crippen LogP contribution in [0, 0.1) is 0 Å². The van der Waals surface area contributed by atoms with Gasteiger partial charge in [-0.25, -0.2) is 0 Å². The summed E-state index contributed by atoms with van der Waals surface area (Å²) < 4.78 is 4.97. The molecule has 0 bridgehead atoms. The largest absolute Gasteiger partial charge is 0.404 e. The first-order valence-electron chi connectivity index (χ1n) is 4.37. The van der Waals surface area contributed by atoms with Gasteiger partial charge in [0.05, 0.1) is 10.0 Å². The molecule has 0 aliphatic heterocycles. The summed E-state index contributed by atoms with van der Waals surface area (Å²) in [5.41, 5.74) is 6.16. The molecule has 0 spiro atoms. The minimum Gasteiger partial charge on any atom is -0.404 e. The fourth-order valence-corrected chi connectivity index (χ4v) is 1.40. The van der Waals surface area contributed by atoms with Gasteiger partial charge in [0, 0.05) is 6.08 Å². The molecule has 0 aliphatic carbocycles. The summed E-state index contributed by atoms with van der Waals surface area (Å²) in [5, 5.41) is 8.22. The Kier molecular flexibility index (Phi) is 3.12. The molecule has 2 aromatic rings. The second-order valence-corrected chi connectivity index (χ2v) is 3.80. The second kappa shape index (κ2) is 4.55. The van der Waals surface area contributed by atoms with Crippen molar-refractivity contribution < 1.29 is 4.42 Å². The highest BCUT2D eigenvalue weighted by Crippen LogP contribution is 2.23. The average Bonchev–Trinajstić information content (AvgIpc) is 2.66. The van der Waals surface area contributed by atoms with Crippen molar-refractivity contribution in [2.24, 2.45) is 0 Å². The van der Waals surface area contributed by atoms with E-state index in [0.717, 1.165) is 5.56 Å². The molecule has 0 amide bonds. The summed E-state index contributed by atoms with van der Waals surface area (Å²) in [6.07, 6.45) is 3.41. The van der Waals surface area contributed by atoms with Gasteiger partial charge in [-0.05, 0) is 23.8 Å². The van der Waals surface area contributed by atoms with E-state index in [1.807, 2.05) is 6.07 Å². The van der Waals surface area contributed by atoms with Gasteiger partial charge < -0.3 is 10.2 Å². The fraction of sp³-hybridized carbons (Fsp3) is 0. The van der Waals surface area contributed by atoms with Crippen LogP contribution in [0.15, 0.2) is 22.6 Å². The lowest BCUT2D eigenvalue weighted by molar-refractivity contribution is 0.563. The number of nitrogen functional groups attached to an aromatic ring is 1. The molecule has 2 rings (SSSR count). The molecule has 6 heteroatoms. The van der Waals surface area contributed by atoms with Gasteiger partial charge in [0.25, 0.3) is 0 Å². The number of halogens is 2. The third kappa shape index (κ3) is 2.53. The van der Waals surface area contributed by atoms with Crippen molar-refractivity contribution in [1.29, 1.82) is 0 Å². The number of benzene rings is 1. The van der Waals surface area contributed by atoms with Gasteiger partial charge in [0.15, 0.2) is 0 Å². The second-order valence-electron chi connectivity index (χ2n) is 2.99. The first-order chi connectivity index (χ1) is 7.65. The molecular weight excluding hydrogens is 249 g/mol. The predicted molar refractivity (Wildman–Crippen MR) is 64.1 cm³/mol. The third-order valence-electron chi connectivity index (χ3n) is 1.82. The summed E-state index contributed by atoms with van der Waals surface area (Å²) in [6, 6.07) is 5.31. The maximum atomic E-state index is 5.86. The molecule has 1 aromatic carbocycles. The van der Waals surface area contributed by atoms with Crippen molar-refractivity contribution in [3.8, 4) is 0 Å². The van der Waals surface area contributed by atoms with Crippen LogP contribution in [0.25, 0.3) is 12.2 Å². The first kappa shape index (κ1) is 11.0. The Morgan fingerprint density at radius 2 is 1.94 bits per heavy atom. The number of anilines is 1. The molecule has 16 heavy (non-hydrogen) atoms. The molecule has 0 unspecified atom stereocenters. The lowest BCUT2D eigenvalue weighted by Crippen LogP contribution is -1.81. The Morgan fingerprint density at radius 1 is 1.12 bits per heavy atom. The van der Waals surface area contributed by atoms with Crippen LogP contribution in [-0.4, -0.2) is 10.2 Å². The molecule has 4 nitrogen and oxygen atoms in total. The average molecular weight is 256 g/mol. The van der Waals surface area contributed by atoms with E-state index in [2.05, 4.69) is 10.2 Å². The molecule has 82 valence electrons. The minimum atomic E-state index is 0.0359. The molecule has 1 heterocycles. The zero-order valence-corrected chi connectivity index (χ0v) is 9.53. The van der Waals surface area contributed by atoms with E-state index in [4.69, 9.17) is 33.4 Å². The number of nitrogens with two attached hydrogens (primary N) is 1. The Bertz CT molecular complexity index is 537. The standard InChI is InChI=1S/C10H7Cl2N3O/c11-7-3-1-6(5-8(7)12)2-4-9-14-15-10(13)16-9/h1-5H,(H2,13,15). The number of aromatic nitrogens is 2. The molecule has 0 fully saturated rings. The highest BCUT2D eigenvalue weighted by molar-refractivity contribution is 6.42. The van der Waals surface area contributed by atoms with Crippen LogP contribution < -0.4 is 5.73 Å². The van der Waals surface area contributed by atoms with Crippen molar-refractivity contribution in [3.05, 3.63) is 39.7 Å². The van der Waals surface area contributed by atoms with E-state index < -0.39 is 0 Å². The van der Waals surface area contributed by atoms with Gasteiger partial charge in [-0.2, -0.15) is 0 Å². The molecule has 2 N–H and O–H groups in total. The van der Waals surface area contributed by atoms with Gasteiger partial charge in [0.1, 0.15) is 0 Å². The van der Waals surface area contributed by atoms with Crippen LogP contribution in [0.5, 0.6) is 0 Å². The highest BCUT2D eigenvalue weighted by atomic mass is 35.5. The maximum absolute atomic E-state index is 5.86. The summed E-state index contributed by atoms with van der Waals surface area (Å²) in [6.45, 7) is 0. The van der Waals surface area contributed by atoms with E-state index in [9.17, 15) is 0 Å². The van der Waals surface area contributed by atoms with Crippen LogP contribution in [0.1, 0.15) is 11.5 Å². The Balaban J connectivity index is 2.20. The highest BCUT2D eigenvalue weighted by Gasteiger charge is 1.99. The van der Waals surface area contributed by atoms with Crippen LogP contribution in [0.3, 0.4) is 0 Å². The molecular formula is C10H7Cl2N3O. The summed E-state index contributed by atoms with van der Waals surface area (Å²) in [5.74, 6) is 0.337. The van der Waals surface area contributed by atoms with Crippen molar-refractivity contribution >= 4 is 41.4 Å². The van der Waals surface area contributed by atoms with Crippen LogP contribution in [0.2, 0.25) is 10.0 Å². The lowest BCUT2D eigenvalue weighted by atomic mass is 10.2. The maximum Gasteiger partial charge on any atom is 0.313 e.